The van der Waals surface area contributed by atoms with Crippen LogP contribution in [-0.2, 0) is 0 Å². The summed E-state index contributed by atoms with van der Waals surface area (Å²) in [5.74, 6) is -5.13. The van der Waals surface area contributed by atoms with Crippen LogP contribution < -0.4 is 5.32 Å². The van der Waals surface area contributed by atoms with Crippen LogP contribution in [0.3, 0.4) is 0 Å². The topological polar surface area (TPSA) is 42.0 Å². The van der Waals surface area contributed by atoms with Crippen LogP contribution in [-0.4, -0.2) is 29.8 Å². The number of aromatic nitrogens is 1. The quantitative estimate of drug-likeness (QED) is 0.868. The molecule has 1 amide bonds. The molecule has 1 aromatic heterocycles. The van der Waals surface area contributed by atoms with Gasteiger partial charge in [0.1, 0.15) is 0 Å². The average Bonchev–Trinajstić information content (AvgIpc) is 2.25. The first-order valence-corrected chi connectivity index (χ1v) is 5.17. The molecule has 0 unspecified atom stereocenters. The van der Waals surface area contributed by atoms with E-state index in [1.54, 1.807) is 5.32 Å². The zero-order chi connectivity index (χ0) is 13.1. The standard InChI is InChI=1S/C9H7BrF4N2O/c10-6-1-5(2-15-3-6)7(17)16-4-9(13,14)8(11)12/h1-3,8H,4H2,(H,16,17). The monoisotopic (exact) mass is 314 g/mol. The molecule has 3 nitrogen and oxygen atoms in total. The number of pyridine rings is 1. The largest absolute Gasteiger partial charge is 0.346 e. The number of amides is 1. The van der Waals surface area contributed by atoms with E-state index in [1.165, 1.54) is 12.3 Å². The number of nitrogens with zero attached hydrogens (tertiary/aromatic N) is 1. The maximum Gasteiger partial charge on any atom is 0.324 e. The summed E-state index contributed by atoms with van der Waals surface area (Å²) in [6.45, 7) is -1.42. The van der Waals surface area contributed by atoms with E-state index in [0.717, 1.165) is 6.20 Å². The molecule has 0 saturated heterocycles. The van der Waals surface area contributed by atoms with E-state index in [2.05, 4.69) is 20.9 Å². The van der Waals surface area contributed by atoms with E-state index in [4.69, 9.17) is 0 Å². The second-order valence-electron chi connectivity index (χ2n) is 3.14. The number of hydrogen-bond acceptors (Lipinski definition) is 2. The number of rotatable bonds is 4. The predicted molar refractivity (Wildman–Crippen MR) is 55.2 cm³/mol. The van der Waals surface area contributed by atoms with Crippen molar-refractivity contribution in [3.8, 4) is 0 Å². The molecule has 0 saturated carbocycles. The fourth-order valence-electron chi connectivity index (χ4n) is 0.913. The Balaban J connectivity index is 2.62. The number of carbonyl (C=O) groups excluding carboxylic acids is 1. The zero-order valence-corrected chi connectivity index (χ0v) is 9.85. The molecule has 0 fully saturated rings. The Morgan fingerprint density at radius 2 is 2.12 bits per heavy atom. The smallest absolute Gasteiger partial charge is 0.324 e. The van der Waals surface area contributed by atoms with Crippen molar-refractivity contribution in [2.45, 2.75) is 12.3 Å². The van der Waals surface area contributed by atoms with Crippen LogP contribution in [0.1, 0.15) is 10.4 Å². The number of hydrogen-bond donors (Lipinski definition) is 1. The van der Waals surface area contributed by atoms with E-state index in [0.29, 0.717) is 4.47 Å². The number of carbonyl (C=O) groups is 1. The molecule has 17 heavy (non-hydrogen) atoms. The van der Waals surface area contributed by atoms with Crippen molar-refractivity contribution in [1.82, 2.24) is 10.3 Å². The zero-order valence-electron chi connectivity index (χ0n) is 8.26. The van der Waals surface area contributed by atoms with Gasteiger partial charge in [-0.05, 0) is 22.0 Å². The van der Waals surface area contributed by atoms with Crippen LogP contribution in [0.25, 0.3) is 0 Å². The lowest BCUT2D eigenvalue weighted by Crippen LogP contribution is -2.41. The van der Waals surface area contributed by atoms with Gasteiger partial charge < -0.3 is 5.32 Å². The minimum atomic E-state index is -4.24. The van der Waals surface area contributed by atoms with Crippen molar-refractivity contribution >= 4 is 21.8 Å². The van der Waals surface area contributed by atoms with Gasteiger partial charge in [0, 0.05) is 16.9 Å². The highest BCUT2D eigenvalue weighted by Gasteiger charge is 2.40. The summed E-state index contributed by atoms with van der Waals surface area (Å²) < 4.78 is 49.1. The van der Waals surface area contributed by atoms with E-state index >= 15 is 0 Å². The lowest BCUT2D eigenvalue weighted by Gasteiger charge is -2.15. The van der Waals surface area contributed by atoms with Crippen LogP contribution in [0.5, 0.6) is 0 Å². The Bertz CT molecular complexity index is 414. The third-order valence-corrected chi connectivity index (χ3v) is 2.20. The van der Waals surface area contributed by atoms with Crippen molar-refractivity contribution < 1.29 is 22.4 Å². The molecule has 1 N–H and O–H groups in total. The summed E-state index contributed by atoms with van der Waals surface area (Å²) in [5, 5.41) is 1.72. The number of nitrogens with one attached hydrogen (secondary N) is 1. The Hall–Kier alpha value is -1.18. The first-order chi connectivity index (χ1) is 7.83. The predicted octanol–water partition coefficient (Wildman–Crippen LogP) is 2.47. The number of alkyl halides is 4. The second kappa shape index (κ2) is 5.44. The fourth-order valence-corrected chi connectivity index (χ4v) is 1.28. The van der Waals surface area contributed by atoms with E-state index in [9.17, 15) is 22.4 Å². The summed E-state index contributed by atoms with van der Waals surface area (Å²) in [7, 11) is 0. The molecule has 0 radical (unpaired) electrons. The van der Waals surface area contributed by atoms with Gasteiger partial charge in [0.2, 0.25) is 0 Å². The van der Waals surface area contributed by atoms with Gasteiger partial charge in [-0.25, -0.2) is 8.78 Å². The normalized spacial score (nSPS) is 11.6. The van der Waals surface area contributed by atoms with Crippen molar-refractivity contribution in [3.05, 3.63) is 28.5 Å². The Morgan fingerprint density at radius 3 is 2.65 bits per heavy atom. The molecule has 0 atom stereocenters. The van der Waals surface area contributed by atoms with Crippen LogP contribution in [0.4, 0.5) is 17.6 Å². The Morgan fingerprint density at radius 1 is 1.47 bits per heavy atom. The summed E-state index contributed by atoms with van der Waals surface area (Å²) in [6.07, 6.45) is -1.28. The van der Waals surface area contributed by atoms with Gasteiger partial charge in [0.15, 0.2) is 0 Å². The highest BCUT2D eigenvalue weighted by atomic mass is 79.9. The summed E-state index contributed by atoms with van der Waals surface area (Å²) in [5.41, 5.74) is 0.00411. The number of halogens is 5. The van der Waals surface area contributed by atoms with Gasteiger partial charge in [0.25, 0.3) is 5.91 Å². The molecule has 94 valence electrons. The van der Waals surface area contributed by atoms with Crippen LogP contribution in [0.2, 0.25) is 0 Å². The van der Waals surface area contributed by atoms with E-state index in [1.807, 2.05) is 0 Å². The first-order valence-electron chi connectivity index (χ1n) is 4.37. The summed E-state index contributed by atoms with van der Waals surface area (Å²) >= 11 is 3.03. The fraction of sp³-hybridized carbons (Fsp3) is 0.333. The molecule has 1 rings (SSSR count). The van der Waals surface area contributed by atoms with Gasteiger partial charge in [-0.1, -0.05) is 0 Å². The summed E-state index contributed by atoms with van der Waals surface area (Å²) in [6, 6.07) is 1.34. The first kappa shape index (κ1) is 13.9. The van der Waals surface area contributed by atoms with Gasteiger partial charge in [0.05, 0.1) is 12.1 Å². The average molecular weight is 315 g/mol. The highest BCUT2D eigenvalue weighted by molar-refractivity contribution is 9.10. The van der Waals surface area contributed by atoms with Gasteiger partial charge in [-0.2, -0.15) is 8.78 Å². The third-order valence-electron chi connectivity index (χ3n) is 1.77. The summed E-state index contributed by atoms with van der Waals surface area (Å²) in [4.78, 5) is 15.0. The third kappa shape index (κ3) is 3.95. The van der Waals surface area contributed by atoms with Crippen molar-refractivity contribution in [2.24, 2.45) is 0 Å². The SMILES string of the molecule is O=C(NCC(F)(F)C(F)F)c1cncc(Br)c1. The minimum Gasteiger partial charge on any atom is -0.346 e. The Kier molecular flexibility index (Phi) is 4.44. The molecule has 0 aliphatic carbocycles. The molecular weight excluding hydrogens is 308 g/mol. The maximum absolute atomic E-state index is 12.5. The van der Waals surface area contributed by atoms with Gasteiger partial charge in [-0.15, -0.1) is 0 Å². The molecule has 0 aliphatic rings. The van der Waals surface area contributed by atoms with Crippen LogP contribution in [0, 0.1) is 0 Å². The van der Waals surface area contributed by atoms with E-state index in [-0.39, 0.29) is 5.56 Å². The lowest BCUT2D eigenvalue weighted by atomic mass is 10.2. The molecule has 0 spiro atoms. The van der Waals surface area contributed by atoms with E-state index < -0.39 is 24.8 Å². The Labute approximate surface area is 102 Å². The van der Waals surface area contributed by atoms with Crippen molar-refractivity contribution in [1.29, 1.82) is 0 Å². The molecule has 0 bridgehead atoms. The minimum absolute atomic E-state index is 0.00411. The van der Waals surface area contributed by atoms with Gasteiger partial charge in [-0.3, -0.25) is 9.78 Å². The van der Waals surface area contributed by atoms with Gasteiger partial charge >= 0.3 is 12.3 Å². The molecule has 1 heterocycles. The lowest BCUT2D eigenvalue weighted by molar-refractivity contribution is -0.123. The van der Waals surface area contributed by atoms with Crippen LogP contribution in [0.15, 0.2) is 22.9 Å². The second-order valence-corrected chi connectivity index (χ2v) is 4.05. The molecular formula is C9H7BrF4N2O. The molecule has 0 aliphatic heterocycles. The molecule has 0 aromatic carbocycles. The molecule has 1 aromatic rings. The maximum atomic E-state index is 12.5. The van der Waals surface area contributed by atoms with Crippen molar-refractivity contribution in [3.63, 3.8) is 0 Å². The van der Waals surface area contributed by atoms with Crippen molar-refractivity contribution in [2.75, 3.05) is 6.54 Å². The molecule has 8 heteroatoms. The highest BCUT2D eigenvalue weighted by Crippen LogP contribution is 2.21. The van der Waals surface area contributed by atoms with Crippen LogP contribution >= 0.6 is 15.9 Å².